The van der Waals surface area contributed by atoms with Crippen LogP contribution in [0.2, 0.25) is 0 Å². The molecule has 0 aliphatic heterocycles. The fraction of sp³-hybridized carbons (Fsp3) is 0.150. The molecule has 2 N–H and O–H groups in total. The first kappa shape index (κ1) is 17.4. The fourth-order valence-electron chi connectivity index (χ4n) is 2.50. The van der Waals surface area contributed by atoms with E-state index in [0.717, 1.165) is 16.9 Å². The zero-order chi connectivity index (χ0) is 18.5. The molecule has 3 aromatic rings. The maximum Gasteiger partial charge on any atom is 0.337 e. The zero-order valence-corrected chi connectivity index (χ0v) is 14.9. The van der Waals surface area contributed by atoms with Gasteiger partial charge in [-0.3, -0.25) is 0 Å². The van der Waals surface area contributed by atoms with Crippen LogP contribution in [0.15, 0.2) is 54.6 Å². The number of nitrogens with zero attached hydrogens (tertiary/aromatic N) is 2. The standard InChI is InChI=1S/C20H20N4O2/c1-13-6-4-5-7-17(13)24-19-12-18(21-14(2)22-19)23-16-10-8-15(9-11-16)20(25)26-3/h4-12H,1-3H3,(H2,21,22,23,24). The lowest BCUT2D eigenvalue weighted by atomic mass is 10.2. The number of para-hydroxylation sites is 1. The third-order valence-corrected chi connectivity index (χ3v) is 3.82. The predicted molar refractivity (Wildman–Crippen MR) is 102 cm³/mol. The Hall–Kier alpha value is -3.41. The minimum absolute atomic E-state index is 0.362. The van der Waals surface area contributed by atoms with Crippen molar-refractivity contribution in [3.05, 3.63) is 71.5 Å². The van der Waals surface area contributed by atoms with Gasteiger partial charge in [0.05, 0.1) is 12.7 Å². The largest absolute Gasteiger partial charge is 0.465 e. The van der Waals surface area contributed by atoms with E-state index in [9.17, 15) is 4.79 Å². The fourth-order valence-corrected chi connectivity index (χ4v) is 2.50. The maximum absolute atomic E-state index is 11.5. The van der Waals surface area contributed by atoms with Crippen LogP contribution in [0, 0.1) is 13.8 Å². The summed E-state index contributed by atoms with van der Waals surface area (Å²) < 4.78 is 4.70. The highest BCUT2D eigenvalue weighted by Gasteiger charge is 2.07. The first-order chi connectivity index (χ1) is 12.5. The number of aromatic nitrogens is 2. The van der Waals surface area contributed by atoms with Gasteiger partial charge in [0.2, 0.25) is 0 Å². The number of benzene rings is 2. The molecule has 3 rings (SSSR count). The number of hydrogen-bond acceptors (Lipinski definition) is 6. The smallest absolute Gasteiger partial charge is 0.337 e. The van der Waals surface area contributed by atoms with Crippen molar-refractivity contribution >= 4 is 29.0 Å². The van der Waals surface area contributed by atoms with Crippen LogP contribution in [-0.2, 0) is 4.74 Å². The first-order valence-electron chi connectivity index (χ1n) is 8.19. The monoisotopic (exact) mass is 348 g/mol. The normalized spacial score (nSPS) is 10.3. The molecule has 0 bridgehead atoms. The third-order valence-electron chi connectivity index (χ3n) is 3.82. The van der Waals surface area contributed by atoms with E-state index in [1.807, 2.05) is 44.2 Å². The topological polar surface area (TPSA) is 76.1 Å². The van der Waals surface area contributed by atoms with Crippen molar-refractivity contribution in [2.45, 2.75) is 13.8 Å². The van der Waals surface area contributed by atoms with E-state index in [2.05, 4.69) is 20.6 Å². The lowest BCUT2D eigenvalue weighted by Gasteiger charge is -2.12. The number of carbonyl (C=O) groups is 1. The van der Waals surface area contributed by atoms with Crippen LogP contribution in [0.5, 0.6) is 0 Å². The summed E-state index contributed by atoms with van der Waals surface area (Å²) in [5.41, 5.74) is 3.45. The predicted octanol–water partition coefficient (Wildman–Crippen LogP) is 4.37. The van der Waals surface area contributed by atoms with E-state index in [1.54, 1.807) is 24.3 Å². The molecule has 0 aliphatic carbocycles. The number of esters is 1. The Bertz CT molecular complexity index is 923. The molecule has 0 saturated carbocycles. The number of hydrogen-bond donors (Lipinski definition) is 2. The summed E-state index contributed by atoms with van der Waals surface area (Å²) in [6, 6.07) is 16.9. The second kappa shape index (κ2) is 7.65. The average Bonchev–Trinajstić information content (AvgIpc) is 2.63. The van der Waals surface area contributed by atoms with Gasteiger partial charge in [-0.25, -0.2) is 14.8 Å². The third kappa shape index (κ3) is 4.16. The molecule has 0 fully saturated rings. The minimum Gasteiger partial charge on any atom is -0.465 e. The number of ether oxygens (including phenoxy) is 1. The van der Waals surface area contributed by atoms with Crippen LogP contribution in [0.25, 0.3) is 0 Å². The van der Waals surface area contributed by atoms with Crippen molar-refractivity contribution in [2.24, 2.45) is 0 Å². The molecule has 0 aliphatic rings. The summed E-state index contributed by atoms with van der Waals surface area (Å²) in [5, 5.41) is 6.55. The Morgan fingerprint density at radius 2 is 1.58 bits per heavy atom. The number of anilines is 4. The highest BCUT2D eigenvalue weighted by molar-refractivity contribution is 5.89. The molecule has 0 atom stereocenters. The van der Waals surface area contributed by atoms with Gasteiger partial charge in [-0.2, -0.15) is 0 Å². The molecule has 1 aromatic heterocycles. The van der Waals surface area contributed by atoms with Crippen LogP contribution < -0.4 is 10.6 Å². The van der Waals surface area contributed by atoms with Gasteiger partial charge in [0, 0.05) is 17.4 Å². The molecule has 26 heavy (non-hydrogen) atoms. The van der Waals surface area contributed by atoms with E-state index < -0.39 is 0 Å². The summed E-state index contributed by atoms with van der Waals surface area (Å²) in [7, 11) is 1.36. The van der Waals surface area contributed by atoms with Gasteiger partial charge in [-0.05, 0) is 49.7 Å². The Labute approximate surface area is 152 Å². The van der Waals surface area contributed by atoms with E-state index in [4.69, 9.17) is 4.74 Å². The maximum atomic E-state index is 11.5. The van der Waals surface area contributed by atoms with Crippen LogP contribution in [0.4, 0.5) is 23.0 Å². The Morgan fingerprint density at radius 1 is 0.923 bits per heavy atom. The molecule has 0 spiro atoms. The van der Waals surface area contributed by atoms with Crippen molar-refractivity contribution in [1.82, 2.24) is 9.97 Å². The summed E-state index contributed by atoms with van der Waals surface area (Å²) in [4.78, 5) is 20.4. The van der Waals surface area contributed by atoms with E-state index in [0.29, 0.717) is 23.0 Å². The van der Waals surface area contributed by atoms with E-state index in [1.165, 1.54) is 7.11 Å². The molecule has 6 heteroatoms. The second-order valence-corrected chi connectivity index (χ2v) is 5.82. The van der Waals surface area contributed by atoms with Gasteiger partial charge in [-0.15, -0.1) is 0 Å². The molecule has 0 saturated heterocycles. The summed E-state index contributed by atoms with van der Waals surface area (Å²) >= 11 is 0. The van der Waals surface area contributed by atoms with Gasteiger partial charge >= 0.3 is 5.97 Å². The molecule has 0 unspecified atom stereocenters. The van der Waals surface area contributed by atoms with Gasteiger partial charge in [-0.1, -0.05) is 18.2 Å². The highest BCUT2D eigenvalue weighted by atomic mass is 16.5. The van der Waals surface area contributed by atoms with Crippen molar-refractivity contribution in [3.8, 4) is 0 Å². The first-order valence-corrected chi connectivity index (χ1v) is 8.19. The van der Waals surface area contributed by atoms with Crippen molar-refractivity contribution in [1.29, 1.82) is 0 Å². The molecule has 0 amide bonds. The van der Waals surface area contributed by atoms with E-state index >= 15 is 0 Å². The van der Waals surface area contributed by atoms with Crippen LogP contribution in [-0.4, -0.2) is 23.0 Å². The number of rotatable bonds is 5. The number of carbonyl (C=O) groups excluding carboxylic acids is 1. The van der Waals surface area contributed by atoms with Gasteiger partial charge < -0.3 is 15.4 Å². The van der Waals surface area contributed by atoms with Crippen molar-refractivity contribution < 1.29 is 9.53 Å². The molecule has 2 aromatic carbocycles. The molecule has 0 radical (unpaired) electrons. The van der Waals surface area contributed by atoms with E-state index in [-0.39, 0.29) is 5.97 Å². The minimum atomic E-state index is -0.362. The van der Waals surface area contributed by atoms with Gasteiger partial charge in [0.15, 0.2) is 0 Å². The second-order valence-electron chi connectivity index (χ2n) is 5.82. The Balaban J connectivity index is 1.79. The zero-order valence-electron chi connectivity index (χ0n) is 14.9. The molecular formula is C20H20N4O2. The molecule has 132 valence electrons. The Morgan fingerprint density at radius 3 is 2.23 bits per heavy atom. The quantitative estimate of drug-likeness (QED) is 0.667. The van der Waals surface area contributed by atoms with Crippen molar-refractivity contribution in [2.75, 3.05) is 17.7 Å². The lowest BCUT2D eigenvalue weighted by Crippen LogP contribution is -2.03. The van der Waals surface area contributed by atoms with Gasteiger partial charge in [0.1, 0.15) is 17.5 Å². The number of methoxy groups -OCH3 is 1. The Kier molecular flexibility index (Phi) is 5.12. The highest BCUT2D eigenvalue weighted by Crippen LogP contribution is 2.22. The molecule has 1 heterocycles. The van der Waals surface area contributed by atoms with Crippen molar-refractivity contribution in [3.63, 3.8) is 0 Å². The van der Waals surface area contributed by atoms with Crippen LogP contribution >= 0.6 is 0 Å². The summed E-state index contributed by atoms with van der Waals surface area (Å²) in [6.45, 7) is 3.88. The number of aryl methyl sites for hydroxylation is 2. The van der Waals surface area contributed by atoms with Crippen LogP contribution in [0.3, 0.4) is 0 Å². The van der Waals surface area contributed by atoms with Gasteiger partial charge in [0.25, 0.3) is 0 Å². The summed E-state index contributed by atoms with van der Waals surface area (Å²) in [6.07, 6.45) is 0. The lowest BCUT2D eigenvalue weighted by molar-refractivity contribution is 0.0601. The molecule has 6 nitrogen and oxygen atoms in total. The molecular weight excluding hydrogens is 328 g/mol. The van der Waals surface area contributed by atoms with Crippen LogP contribution in [0.1, 0.15) is 21.7 Å². The summed E-state index contributed by atoms with van der Waals surface area (Å²) in [5.74, 6) is 1.66. The average molecular weight is 348 g/mol. The SMILES string of the molecule is COC(=O)c1ccc(Nc2cc(Nc3ccccc3C)nc(C)n2)cc1. The number of nitrogens with one attached hydrogen (secondary N) is 2.